The third-order valence-electron chi connectivity index (χ3n) is 5.42. The molecule has 2 N–H and O–H groups in total. The average molecular weight is 413 g/mol. The summed E-state index contributed by atoms with van der Waals surface area (Å²) in [5.41, 5.74) is 5.46. The predicted octanol–water partition coefficient (Wildman–Crippen LogP) is 5.08. The van der Waals surface area contributed by atoms with Crippen LogP contribution in [0.2, 0.25) is 0 Å². The Bertz CT molecular complexity index is 1060. The number of aliphatic carboxylic acids is 1. The zero-order chi connectivity index (χ0) is 21.6. The molecular formula is C26H23NO4. The smallest absolute Gasteiger partial charge is 0.407 e. The highest BCUT2D eigenvalue weighted by Gasteiger charge is 2.29. The Morgan fingerprint density at radius 2 is 1.48 bits per heavy atom. The van der Waals surface area contributed by atoms with Gasteiger partial charge in [0.15, 0.2) is 0 Å². The van der Waals surface area contributed by atoms with Crippen LogP contribution in [0.15, 0.2) is 84.9 Å². The number of nitrogens with one attached hydrogen (secondary N) is 1. The highest BCUT2D eigenvalue weighted by molar-refractivity contribution is 5.81. The number of hydrogen-bond acceptors (Lipinski definition) is 3. The minimum atomic E-state index is -1.11. The Balaban J connectivity index is 1.38. The second kappa shape index (κ2) is 9.30. The van der Waals surface area contributed by atoms with Gasteiger partial charge in [0.05, 0.1) is 0 Å². The van der Waals surface area contributed by atoms with Crippen molar-refractivity contribution in [1.82, 2.24) is 5.32 Å². The molecule has 156 valence electrons. The van der Waals surface area contributed by atoms with E-state index in [1.54, 1.807) is 6.08 Å². The molecule has 5 nitrogen and oxygen atoms in total. The number of hydrogen-bond donors (Lipinski definition) is 2. The Kier molecular flexibility index (Phi) is 6.13. The van der Waals surface area contributed by atoms with Crippen molar-refractivity contribution in [3.05, 3.63) is 102 Å². The highest BCUT2D eigenvalue weighted by atomic mass is 16.5. The summed E-state index contributed by atoms with van der Waals surface area (Å²) >= 11 is 0. The molecule has 3 aromatic carbocycles. The lowest BCUT2D eigenvalue weighted by molar-refractivity contribution is -0.139. The number of ether oxygens (including phenoxy) is 1. The van der Waals surface area contributed by atoms with Crippen molar-refractivity contribution >= 4 is 18.1 Å². The van der Waals surface area contributed by atoms with Crippen LogP contribution in [0.25, 0.3) is 17.2 Å². The quantitative estimate of drug-likeness (QED) is 0.566. The largest absolute Gasteiger partial charge is 0.480 e. The molecule has 0 bridgehead atoms. The Labute approximate surface area is 181 Å². The number of alkyl carbamates (subject to hydrolysis) is 1. The Hall–Kier alpha value is -3.86. The van der Waals surface area contributed by atoms with Crippen LogP contribution < -0.4 is 5.32 Å². The molecule has 0 spiro atoms. The number of amides is 1. The van der Waals surface area contributed by atoms with Gasteiger partial charge in [-0.3, -0.25) is 0 Å². The summed E-state index contributed by atoms with van der Waals surface area (Å²) in [4.78, 5) is 23.9. The van der Waals surface area contributed by atoms with Crippen molar-refractivity contribution in [2.24, 2.45) is 0 Å². The molecule has 0 unspecified atom stereocenters. The fraction of sp³-hybridized carbons (Fsp3) is 0.154. The van der Waals surface area contributed by atoms with Crippen LogP contribution in [0, 0.1) is 0 Å². The third kappa shape index (κ3) is 4.67. The summed E-state index contributed by atoms with van der Waals surface area (Å²) < 4.78 is 5.45. The summed E-state index contributed by atoms with van der Waals surface area (Å²) in [6.07, 6.45) is 2.99. The summed E-state index contributed by atoms with van der Waals surface area (Å²) in [6.45, 7) is 0.145. The first-order valence-corrected chi connectivity index (χ1v) is 10.2. The normalized spacial score (nSPS) is 13.4. The standard InChI is InChI=1S/C26H23NO4/c28-25(29)24(16-8-11-18-9-2-1-3-10-18)27-26(30)31-17-23-21-14-6-4-12-19(21)20-13-5-7-15-22(20)23/h1-15,23-24H,16-17H2,(H,27,30)(H,28,29)/t24-/m0/s1. The first-order chi connectivity index (χ1) is 15.1. The lowest BCUT2D eigenvalue weighted by Gasteiger charge is -2.16. The van der Waals surface area contributed by atoms with E-state index < -0.39 is 18.1 Å². The SMILES string of the molecule is O=C(N[C@@H](CC=Cc1ccccc1)C(=O)O)OCC1c2ccccc2-c2ccccc21. The number of carbonyl (C=O) groups excluding carboxylic acids is 1. The summed E-state index contributed by atoms with van der Waals surface area (Å²) in [7, 11) is 0. The van der Waals surface area contributed by atoms with Crippen molar-refractivity contribution in [2.45, 2.75) is 18.4 Å². The monoisotopic (exact) mass is 413 g/mol. The molecule has 31 heavy (non-hydrogen) atoms. The Morgan fingerprint density at radius 3 is 2.10 bits per heavy atom. The van der Waals surface area contributed by atoms with Crippen molar-refractivity contribution < 1.29 is 19.4 Å². The first-order valence-electron chi connectivity index (χ1n) is 10.2. The molecule has 5 heteroatoms. The van der Waals surface area contributed by atoms with E-state index in [-0.39, 0.29) is 18.9 Å². The van der Waals surface area contributed by atoms with Crippen LogP contribution in [-0.2, 0) is 9.53 Å². The second-order valence-corrected chi connectivity index (χ2v) is 7.41. The third-order valence-corrected chi connectivity index (χ3v) is 5.42. The molecule has 1 aliphatic rings. The molecule has 0 heterocycles. The molecule has 0 radical (unpaired) electrons. The van der Waals surface area contributed by atoms with Gasteiger partial charge in [0.25, 0.3) is 0 Å². The topological polar surface area (TPSA) is 75.6 Å². The van der Waals surface area contributed by atoms with Crippen molar-refractivity contribution in [1.29, 1.82) is 0 Å². The minimum Gasteiger partial charge on any atom is -0.480 e. The number of fused-ring (bicyclic) bond motifs is 3. The van der Waals surface area contributed by atoms with Crippen molar-refractivity contribution in [3.63, 3.8) is 0 Å². The zero-order valence-corrected chi connectivity index (χ0v) is 16.9. The highest BCUT2D eigenvalue weighted by Crippen LogP contribution is 2.44. The Morgan fingerprint density at radius 1 is 0.903 bits per heavy atom. The lowest BCUT2D eigenvalue weighted by Crippen LogP contribution is -2.41. The number of carboxylic acid groups (broad SMARTS) is 1. The van der Waals surface area contributed by atoms with Crippen LogP contribution in [0.3, 0.4) is 0 Å². The first kappa shape index (κ1) is 20.4. The molecular weight excluding hydrogens is 390 g/mol. The summed E-state index contributed by atoms with van der Waals surface area (Å²) in [5.74, 6) is -1.18. The van der Waals surface area contributed by atoms with Gasteiger partial charge in [-0.05, 0) is 34.2 Å². The second-order valence-electron chi connectivity index (χ2n) is 7.41. The number of rotatable bonds is 7. The van der Waals surface area contributed by atoms with Gasteiger partial charge < -0.3 is 15.2 Å². The van der Waals surface area contributed by atoms with E-state index in [0.29, 0.717) is 0 Å². The molecule has 1 amide bonds. The fourth-order valence-electron chi connectivity index (χ4n) is 3.91. The van der Waals surface area contributed by atoms with E-state index in [1.165, 1.54) is 0 Å². The van der Waals surface area contributed by atoms with Crippen LogP contribution >= 0.6 is 0 Å². The average Bonchev–Trinajstić information content (AvgIpc) is 3.11. The van der Waals surface area contributed by atoms with Gasteiger partial charge in [0, 0.05) is 5.92 Å². The molecule has 0 saturated carbocycles. The van der Waals surface area contributed by atoms with Gasteiger partial charge in [0.2, 0.25) is 0 Å². The van der Waals surface area contributed by atoms with Gasteiger partial charge in [-0.15, -0.1) is 0 Å². The number of carboxylic acids is 1. The maximum Gasteiger partial charge on any atom is 0.407 e. The van der Waals surface area contributed by atoms with E-state index in [9.17, 15) is 14.7 Å². The van der Waals surface area contributed by atoms with Gasteiger partial charge in [0.1, 0.15) is 12.6 Å². The molecule has 0 fully saturated rings. The van der Waals surface area contributed by atoms with E-state index in [2.05, 4.69) is 17.4 Å². The van der Waals surface area contributed by atoms with Gasteiger partial charge >= 0.3 is 12.1 Å². The number of benzene rings is 3. The van der Waals surface area contributed by atoms with Crippen LogP contribution in [0.4, 0.5) is 4.79 Å². The van der Waals surface area contributed by atoms with E-state index in [0.717, 1.165) is 27.8 Å². The maximum absolute atomic E-state index is 12.4. The lowest BCUT2D eigenvalue weighted by atomic mass is 9.98. The molecule has 4 rings (SSSR count). The predicted molar refractivity (Wildman–Crippen MR) is 120 cm³/mol. The van der Waals surface area contributed by atoms with E-state index in [1.807, 2.05) is 72.8 Å². The van der Waals surface area contributed by atoms with Crippen LogP contribution in [0.5, 0.6) is 0 Å². The molecule has 1 atom stereocenters. The minimum absolute atomic E-state index is 0.0700. The van der Waals surface area contributed by atoms with Crippen molar-refractivity contribution in [2.75, 3.05) is 6.61 Å². The van der Waals surface area contributed by atoms with E-state index in [4.69, 9.17) is 4.74 Å². The molecule has 1 aliphatic carbocycles. The maximum atomic E-state index is 12.4. The summed E-state index contributed by atoms with van der Waals surface area (Å²) in [5, 5.41) is 11.9. The fourth-order valence-corrected chi connectivity index (χ4v) is 3.91. The molecule has 0 aromatic heterocycles. The summed E-state index contributed by atoms with van der Waals surface area (Å²) in [6, 6.07) is 24.6. The van der Waals surface area contributed by atoms with Crippen molar-refractivity contribution in [3.8, 4) is 11.1 Å². The molecule has 0 aliphatic heterocycles. The zero-order valence-electron chi connectivity index (χ0n) is 16.9. The van der Waals surface area contributed by atoms with Crippen LogP contribution in [0.1, 0.15) is 29.0 Å². The van der Waals surface area contributed by atoms with Gasteiger partial charge in [-0.1, -0.05) is 91.0 Å². The van der Waals surface area contributed by atoms with Crippen LogP contribution in [-0.4, -0.2) is 29.8 Å². The van der Waals surface area contributed by atoms with Gasteiger partial charge in [-0.2, -0.15) is 0 Å². The van der Waals surface area contributed by atoms with Gasteiger partial charge in [-0.25, -0.2) is 9.59 Å². The number of carbonyl (C=O) groups is 2. The molecule has 0 saturated heterocycles. The van der Waals surface area contributed by atoms with E-state index >= 15 is 0 Å². The molecule has 3 aromatic rings.